The Morgan fingerprint density at radius 2 is 1.64 bits per heavy atom. The first-order valence-electron chi connectivity index (χ1n) is 9.37. The van der Waals surface area contributed by atoms with Gasteiger partial charge in [0.2, 0.25) is 0 Å². The van der Waals surface area contributed by atoms with Gasteiger partial charge in [-0.2, -0.15) is 0 Å². The number of para-hydroxylation sites is 1. The number of nitrogens with two attached hydrogens (primary N) is 1. The highest BCUT2D eigenvalue weighted by Crippen LogP contribution is 2.23. The predicted molar refractivity (Wildman–Crippen MR) is 122 cm³/mol. The Kier molecular flexibility index (Phi) is 8.16. The summed E-state index contributed by atoms with van der Waals surface area (Å²) in [6.45, 7) is 10.6. The number of halogens is 1. The highest BCUT2D eigenvalue weighted by atomic mass is 35.5. The lowest BCUT2D eigenvalue weighted by atomic mass is 10.1. The minimum atomic E-state index is 0.471. The molecule has 2 nitrogen and oxygen atoms in total. The van der Waals surface area contributed by atoms with Crippen LogP contribution in [-0.2, 0) is 13.0 Å². The Morgan fingerprint density at radius 1 is 1.00 bits per heavy atom. The summed E-state index contributed by atoms with van der Waals surface area (Å²) in [5.74, 6) is 0.845. The van der Waals surface area contributed by atoms with Gasteiger partial charge in [0.15, 0.2) is 0 Å². The average Bonchev–Trinajstić information content (AvgIpc) is 2.68. The zero-order chi connectivity index (χ0) is 20.5. The lowest BCUT2D eigenvalue weighted by Gasteiger charge is -2.10. The molecule has 0 aliphatic heterocycles. The molecule has 3 rings (SSSR count). The van der Waals surface area contributed by atoms with E-state index in [1.54, 1.807) is 0 Å². The topological polar surface area (TPSA) is 35.2 Å². The van der Waals surface area contributed by atoms with E-state index in [4.69, 9.17) is 22.1 Å². The number of ether oxygens (including phenoxy) is 1. The maximum atomic E-state index is 6.11. The monoisotopic (exact) mass is 393 g/mol. The molecule has 28 heavy (non-hydrogen) atoms. The van der Waals surface area contributed by atoms with Gasteiger partial charge in [0.25, 0.3) is 0 Å². The maximum Gasteiger partial charge on any atom is 0.120 e. The summed E-state index contributed by atoms with van der Waals surface area (Å²) in [5.41, 5.74) is 12.1. The van der Waals surface area contributed by atoms with Crippen LogP contribution in [0.15, 0.2) is 73.3 Å². The van der Waals surface area contributed by atoms with E-state index in [1.807, 2.05) is 61.5 Å². The van der Waals surface area contributed by atoms with Crippen molar-refractivity contribution in [2.24, 2.45) is 0 Å². The molecule has 0 aliphatic carbocycles. The van der Waals surface area contributed by atoms with E-state index in [9.17, 15) is 0 Å². The standard InChI is InChI=1S/C17H17ClO.C8H11N/c1-12(2)15-8-13(3)9-16(10-15)19-11-14-6-4-5-7-17(14)18;1-2-7-5-3-4-6-8(7)9/h4-10H,1,11H2,2-3H3;3-6H,2,9H2,1H3. The molecule has 3 heteroatoms. The number of nitrogen functional groups attached to an aromatic ring is 1. The predicted octanol–water partition coefficient (Wildman–Crippen LogP) is 7.09. The summed E-state index contributed by atoms with van der Waals surface area (Å²) in [7, 11) is 0. The van der Waals surface area contributed by atoms with Crippen LogP contribution in [0.3, 0.4) is 0 Å². The summed E-state index contributed by atoms with van der Waals surface area (Å²) in [4.78, 5) is 0. The fourth-order valence-electron chi connectivity index (χ4n) is 2.71. The first-order valence-corrected chi connectivity index (χ1v) is 9.75. The number of hydrogen-bond donors (Lipinski definition) is 1. The second kappa shape index (κ2) is 10.6. The lowest BCUT2D eigenvalue weighted by molar-refractivity contribution is 0.306. The Morgan fingerprint density at radius 3 is 2.21 bits per heavy atom. The van der Waals surface area contributed by atoms with Crippen LogP contribution in [0.25, 0.3) is 5.57 Å². The maximum absolute atomic E-state index is 6.11. The van der Waals surface area contributed by atoms with Gasteiger partial charge in [-0.1, -0.05) is 73.1 Å². The lowest BCUT2D eigenvalue weighted by Crippen LogP contribution is -1.97. The first kappa shape index (κ1) is 21.6. The molecule has 0 amide bonds. The van der Waals surface area contributed by atoms with Crippen molar-refractivity contribution in [3.63, 3.8) is 0 Å². The van der Waals surface area contributed by atoms with Gasteiger partial charge in [0.05, 0.1) is 0 Å². The van der Waals surface area contributed by atoms with Gasteiger partial charge < -0.3 is 10.5 Å². The molecule has 0 aromatic heterocycles. The third-order valence-corrected chi connectivity index (χ3v) is 4.70. The Balaban J connectivity index is 0.000000261. The summed E-state index contributed by atoms with van der Waals surface area (Å²) in [6, 6.07) is 21.8. The second-order valence-corrected chi connectivity index (χ2v) is 7.15. The zero-order valence-corrected chi connectivity index (χ0v) is 17.6. The molecule has 0 atom stereocenters. The van der Waals surface area contributed by atoms with E-state index >= 15 is 0 Å². The molecular formula is C25H28ClNO. The largest absolute Gasteiger partial charge is 0.489 e. The van der Waals surface area contributed by atoms with Gasteiger partial charge in [0, 0.05) is 16.3 Å². The van der Waals surface area contributed by atoms with Crippen LogP contribution >= 0.6 is 11.6 Å². The van der Waals surface area contributed by atoms with Crippen LogP contribution in [0.1, 0.15) is 36.1 Å². The highest BCUT2D eigenvalue weighted by molar-refractivity contribution is 6.31. The van der Waals surface area contributed by atoms with Crippen molar-refractivity contribution in [1.29, 1.82) is 0 Å². The molecule has 3 aromatic carbocycles. The van der Waals surface area contributed by atoms with Crippen molar-refractivity contribution >= 4 is 22.9 Å². The van der Waals surface area contributed by atoms with Crippen molar-refractivity contribution in [2.75, 3.05) is 5.73 Å². The Hall–Kier alpha value is -2.71. The van der Waals surface area contributed by atoms with Gasteiger partial charge in [0.1, 0.15) is 12.4 Å². The van der Waals surface area contributed by atoms with Crippen LogP contribution in [-0.4, -0.2) is 0 Å². The second-order valence-electron chi connectivity index (χ2n) is 6.75. The van der Waals surface area contributed by atoms with Gasteiger partial charge in [-0.25, -0.2) is 0 Å². The van der Waals surface area contributed by atoms with E-state index in [2.05, 4.69) is 32.6 Å². The van der Waals surface area contributed by atoms with E-state index < -0.39 is 0 Å². The number of allylic oxidation sites excluding steroid dienone is 1. The smallest absolute Gasteiger partial charge is 0.120 e. The summed E-state index contributed by atoms with van der Waals surface area (Å²) < 4.78 is 5.82. The van der Waals surface area contributed by atoms with Crippen LogP contribution in [0, 0.1) is 6.92 Å². The molecule has 0 saturated heterocycles. The van der Waals surface area contributed by atoms with Crippen molar-refractivity contribution in [3.05, 3.63) is 101 Å². The third-order valence-electron chi connectivity index (χ3n) is 4.33. The van der Waals surface area contributed by atoms with Crippen molar-refractivity contribution in [3.8, 4) is 5.75 Å². The fourth-order valence-corrected chi connectivity index (χ4v) is 2.90. The zero-order valence-electron chi connectivity index (χ0n) is 16.8. The normalized spacial score (nSPS) is 10.0. The number of anilines is 1. The van der Waals surface area contributed by atoms with Crippen molar-refractivity contribution in [1.82, 2.24) is 0 Å². The van der Waals surface area contributed by atoms with Crippen LogP contribution < -0.4 is 10.5 Å². The molecule has 0 bridgehead atoms. The van der Waals surface area contributed by atoms with Gasteiger partial charge in [-0.05, 0) is 61.2 Å². The molecule has 0 heterocycles. The van der Waals surface area contributed by atoms with Crippen molar-refractivity contribution < 1.29 is 4.74 Å². The van der Waals surface area contributed by atoms with Gasteiger partial charge in [-0.3, -0.25) is 0 Å². The number of rotatable bonds is 5. The molecule has 0 radical (unpaired) electrons. The molecular weight excluding hydrogens is 366 g/mol. The summed E-state index contributed by atoms with van der Waals surface area (Å²) in [5, 5.41) is 0.732. The van der Waals surface area contributed by atoms with Crippen LogP contribution in [0.4, 0.5) is 5.69 Å². The Bertz CT molecular complexity index is 933. The minimum absolute atomic E-state index is 0.471. The number of aryl methyl sites for hydroxylation is 2. The fraction of sp³-hybridized carbons (Fsp3) is 0.200. The van der Waals surface area contributed by atoms with Gasteiger partial charge >= 0.3 is 0 Å². The van der Waals surface area contributed by atoms with Crippen LogP contribution in [0.5, 0.6) is 5.75 Å². The van der Waals surface area contributed by atoms with E-state index in [-0.39, 0.29) is 0 Å². The molecule has 3 aromatic rings. The number of benzene rings is 3. The number of hydrogen-bond acceptors (Lipinski definition) is 2. The molecule has 146 valence electrons. The van der Waals surface area contributed by atoms with Crippen molar-refractivity contribution in [2.45, 2.75) is 33.8 Å². The SMILES string of the molecule is C=C(C)c1cc(C)cc(OCc2ccccc2Cl)c1.CCc1ccccc1N. The van der Waals surface area contributed by atoms with E-state index in [1.165, 1.54) is 5.56 Å². The highest BCUT2D eigenvalue weighted by Gasteiger charge is 2.03. The molecule has 0 fully saturated rings. The van der Waals surface area contributed by atoms with Gasteiger partial charge in [-0.15, -0.1) is 0 Å². The average molecular weight is 394 g/mol. The van der Waals surface area contributed by atoms with E-state index in [0.717, 1.165) is 45.1 Å². The third kappa shape index (κ3) is 6.47. The molecule has 0 aliphatic rings. The quantitative estimate of drug-likeness (QED) is 0.469. The molecule has 0 unspecified atom stereocenters. The van der Waals surface area contributed by atoms with E-state index in [0.29, 0.717) is 6.61 Å². The first-order chi connectivity index (χ1) is 13.4. The molecule has 0 spiro atoms. The minimum Gasteiger partial charge on any atom is -0.489 e. The molecule has 2 N–H and O–H groups in total. The van der Waals surface area contributed by atoms with Crippen LogP contribution in [0.2, 0.25) is 5.02 Å². The molecule has 0 saturated carbocycles. The summed E-state index contributed by atoms with van der Waals surface area (Å²) >= 11 is 6.11. The summed E-state index contributed by atoms with van der Waals surface area (Å²) in [6.07, 6.45) is 1.02. The Labute approximate surface area is 173 Å².